The normalized spacial score (nSPS) is 11.9. The van der Waals surface area contributed by atoms with Gasteiger partial charge in [0.15, 0.2) is 0 Å². The van der Waals surface area contributed by atoms with Crippen LogP contribution in [-0.4, -0.2) is 17.7 Å². The van der Waals surface area contributed by atoms with Crippen LogP contribution in [-0.2, 0) is 4.79 Å². The van der Waals surface area contributed by atoms with E-state index in [9.17, 15) is 14.0 Å². The molecule has 6 heteroatoms. The summed E-state index contributed by atoms with van der Waals surface area (Å²) in [6, 6.07) is 5.50. The number of urea groups is 1. The summed E-state index contributed by atoms with van der Waals surface area (Å²) in [5.41, 5.74) is 5.33. The van der Waals surface area contributed by atoms with Crippen LogP contribution >= 0.6 is 11.8 Å². The number of carbonyl (C=O) groups excluding carboxylic acids is 2. The largest absolute Gasteiger partial charge is 0.351 e. The molecule has 1 atom stereocenters. The van der Waals surface area contributed by atoms with E-state index >= 15 is 0 Å². The Morgan fingerprint density at radius 1 is 1.47 bits per heavy atom. The van der Waals surface area contributed by atoms with Crippen molar-refractivity contribution in [3.63, 3.8) is 0 Å². The zero-order chi connectivity index (χ0) is 12.8. The van der Waals surface area contributed by atoms with Gasteiger partial charge >= 0.3 is 6.03 Å². The molecule has 0 heterocycles. The fourth-order valence-corrected chi connectivity index (χ4v) is 2.11. The zero-order valence-electron chi connectivity index (χ0n) is 9.27. The molecular formula is C11H13FN2O2S. The first-order valence-electron chi connectivity index (χ1n) is 4.96. The molecule has 0 saturated carbocycles. The number of imide groups is 1. The number of nitrogens with one attached hydrogen (secondary N) is 1. The number of rotatable bonds is 4. The third-order valence-electron chi connectivity index (χ3n) is 2.07. The highest BCUT2D eigenvalue weighted by Crippen LogP contribution is 2.29. The highest BCUT2D eigenvalue weighted by Gasteiger charge is 2.13. The molecule has 0 spiro atoms. The maximum absolute atomic E-state index is 13.4. The molecule has 4 nitrogen and oxygen atoms in total. The molecule has 3 N–H and O–H groups in total. The van der Waals surface area contributed by atoms with Gasteiger partial charge in [0.1, 0.15) is 5.82 Å². The average Bonchev–Trinajstić information content (AvgIpc) is 2.25. The lowest BCUT2D eigenvalue weighted by atomic mass is 10.1. The van der Waals surface area contributed by atoms with Crippen molar-refractivity contribution in [3.8, 4) is 0 Å². The summed E-state index contributed by atoms with van der Waals surface area (Å²) in [4.78, 5) is 21.5. The fourth-order valence-electron chi connectivity index (χ4n) is 1.27. The number of nitrogens with two attached hydrogens (primary N) is 1. The number of halogens is 1. The van der Waals surface area contributed by atoms with Crippen LogP contribution in [0.4, 0.5) is 9.18 Å². The first-order chi connectivity index (χ1) is 8.00. The molecule has 17 heavy (non-hydrogen) atoms. The van der Waals surface area contributed by atoms with Crippen LogP contribution in [0.3, 0.4) is 0 Å². The Kier molecular flexibility index (Phi) is 4.96. The van der Waals surface area contributed by atoms with Gasteiger partial charge in [-0.1, -0.05) is 18.2 Å². The van der Waals surface area contributed by atoms with E-state index in [2.05, 4.69) is 0 Å². The molecule has 1 aromatic carbocycles. The molecule has 3 amide bonds. The van der Waals surface area contributed by atoms with Crippen LogP contribution in [0.25, 0.3) is 0 Å². The number of carbonyl (C=O) groups is 2. The molecule has 0 aliphatic carbocycles. The highest BCUT2D eigenvalue weighted by molar-refractivity contribution is 8.00. The average molecular weight is 256 g/mol. The molecular weight excluding hydrogens is 243 g/mol. The molecule has 0 unspecified atom stereocenters. The summed E-state index contributed by atoms with van der Waals surface area (Å²) >= 11 is 1.23. The van der Waals surface area contributed by atoms with Crippen LogP contribution in [0.1, 0.15) is 17.7 Å². The quantitative estimate of drug-likeness (QED) is 0.863. The molecule has 0 saturated heterocycles. The maximum atomic E-state index is 13.4. The Hall–Kier alpha value is -1.56. The monoisotopic (exact) mass is 256 g/mol. The van der Waals surface area contributed by atoms with E-state index in [0.717, 1.165) is 0 Å². The van der Waals surface area contributed by atoms with Crippen LogP contribution in [0.2, 0.25) is 0 Å². The highest BCUT2D eigenvalue weighted by atomic mass is 32.2. The number of primary amides is 1. The maximum Gasteiger partial charge on any atom is 0.318 e. The SMILES string of the molecule is C[C@H](SCC(=O)NC(N)=O)c1ccccc1F. The lowest BCUT2D eigenvalue weighted by Gasteiger charge is -2.11. The second kappa shape index (κ2) is 6.24. The molecule has 0 radical (unpaired) electrons. The summed E-state index contributed by atoms with van der Waals surface area (Å²) in [6.07, 6.45) is 0. The van der Waals surface area contributed by atoms with Gasteiger partial charge in [0.25, 0.3) is 0 Å². The number of amides is 3. The zero-order valence-corrected chi connectivity index (χ0v) is 10.1. The van der Waals surface area contributed by atoms with E-state index in [1.807, 2.05) is 5.32 Å². The molecule has 1 aromatic rings. The summed E-state index contributed by atoms with van der Waals surface area (Å²) < 4.78 is 13.4. The minimum atomic E-state index is -0.880. The number of benzene rings is 1. The number of hydrogen-bond donors (Lipinski definition) is 2. The van der Waals surface area contributed by atoms with Gasteiger partial charge in [0.2, 0.25) is 5.91 Å². The Bertz CT molecular complexity index is 426. The van der Waals surface area contributed by atoms with Crippen molar-refractivity contribution in [2.75, 3.05) is 5.75 Å². The summed E-state index contributed by atoms with van der Waals surface area (Å²) in [7, 11) is 0. The second-order valence-corrected chi connectivity index (χ2v) is 4.72. The van der Waals surface area contributed by atoms with Crippen molar-refractivity contribution in [3.05, 3.63) is 35.6 Å². The van der Waals surface area contributed by atoms with Crippen LogP contribution < -0.4 is 11.1 Å². The van der Waals surface area contributed by atoms with Gasteiger partial charge in [0.05, 0.1) is 5.75 Å². The molecule has 0 aromatic heterocycles. The first-order valence-corrected chi connectivity index (χ1v) is 6.01. The smallest absolute Gasteiger partial charge is 0.318 e. The lowest BCUT2D eigenvalue weighted by molar-refractivity contribution is -0.117. The summed E-state index contributed by atoms with van der Waals surface area (Å²) in [5, 5.41) is 1.78. The molecule has 92 valence electrons. The predicted molar refractivity (Wildman–Crippen MR) is 65.0 cm³/mol. The van der Waals surface area contributed by atoms with Gasteiger partial charge in [-0.15, -0.1) is 11.8 Å². The Morgan fingerprint density at radius 3 is 2.71 bits per heavy atom. The molecule has 0 bridgehead atoms. The van der Waals surface area contributed by atoms with Crippen molar-refractivity contribution in [2.24, 2.45) is 5.73 Å². The van der Waals surface area contributed by atoms with Crippen LogP contribution in [0.5, 0.6) is 0 Å². The van der Waals surface area contributed by atoms with Crippen molar-refractivity contribution in [1.82, 2.24) is 5.32 Å². The third-order valence-corrected chi connectivity index (χ3v) is 3.25. The molecule has 0 aliphatic heterocycles. The van der Waals surface area contributed by atoms with Gasteiger partial charge in [-0.2, -0.15) is 0 Å². The fraction of sp³-hybridized carbons (Fsp3) is 0.273. The Balaban J connectivity index is 2.50. The molecule has 1 rings (SSSR count). The summed E-state index contributed by atoms with van der Waals surface area (Å²) in [6.45, 7) is 1.79. The van der Waals surface area contributed by atoms with E-state index in [1.54, 1.807) is 25.1 Å². The van der Waals surface area contributed by atoms with Gasteiger partial charge in [-0.05, 0) is 13.0 Å². The first kappa shape index (κ1) is 13.5. The van der Waals surface area contributed by atoms with Gasteiger partial charge in [-0.3, -0.25) is 10.1 Å². The number of hydrogen-bond acceptors (Lipinski definition) is 3. The Morgan fingerprint density at radius 2 is 2.12 bits per heavy atom. The van der Waals surface area contributed by atoms with E-state index in [0.29, 0.717) is 5.56 Å². The van der Waals surface area contributed by atoms with Crippen molar-refractivity contribution in [1.29, 1.82) is 0 Å². The Labute approximate surface area is 103 Å². The minimum absolute atomic E-state index is 0.0540. The standard InChI is InChI=1S/C11H13FN2O2S/c1-7(8-4-2-3-5-9(8)12)17-6-10(15)14-11(13)16/h2-5,7H,6H2,1H3,(H3,13,14,15,16)/t7-/m0/s1. The van der Waals surface area contributed by atoms with E-state index < -0.39 is 11.9 Å². The minimum Gasteiger partial charge on any atom is -0.351 e. The molecule has 0 fully saturated rings. The molecule has 0 aliphatic rings. The summed E-state index contributed by atoms with van der Waals surface area (Å²) in [5.74, 6) is -0.730. The van der Waals surface area contributed by atoms with Crippen molar-refractivity contribution < 1.29 is 14.0 Å². The van der Waals surface area contributed by atoms with Crippen LogP contribution in [0.15, 0.2) is 24.3 Å². The van der Waals surface area contributed by atoms with Crippen LogP contribution in [0, 0.1) is 5.82 Å². The van der Waals surface area contributed by atoms with Gasteiger partial charge in [-0.25, -0.2) is 9.18 Å². The van der Waals surface area contributed by atoms with E-state index in [1.165, 1.54) is 17.8 Å². The van der Waals surface area contributed by atoms with Gasteiger partial charge < -0.3 is 5.73 Å². The van der Waals surface area contributed by atoms with E-state index in [-0.39, 0.29) is 16.8 Å². The van der Waals surface area contributed by atoms with E-state index in [4.69, 9.17) is 5.73 Å². The number of thioether (sulfide) groups is 1. The van der Waals surface area contributed by atoms with Crippen molar-refractivity contribution >= 4 is 23.7 Å². The lowest BCUT2D eigenvalue weighted by Crippen LogP contribution is -2.36. The van der Waals surface area contributed by atoms with Crippen molar-refractivity contribution in [2.45, 2.75) is 12.2 Å². The van der Waals surface area contributed by atoms with Gasteiger partial charge in [0, 0.05) is 10.8 Å². The predicted octanol–water partition coefficient (Wildman–Crippen LogP) is 1.81. The second-order valence-electron chi connectivity index (χ2n) is 3.39. The third kappa shape index (κ3) is 4.44. The topological polar surface area (TPSA) is 72.2 Å².